The van der Waals surface area contributed by atoms with Gasteiger partial charge in [-0.15, -0.1) is 0 Å². The van der Waals surface area contributed by atoms with Crippen molar-refractivity contribution >= 4 is 11.7 Å². The molecule has 1 N–H and O–H groups in total. The number of carbonyl (C=O) groups is 1. The highest BCUT2D eigenvalue weighted by Crippen LogP contribution is 2.31. The number of esters is 1. The van der Waals surface area contributed by atoms with Crippen LogP contribution >= 0.6 is 0 Å². The third-order valence-corrected chi connectivity index (χ3v) is 2.86. The first-order valence-electron chi connectivity index (χ1n) is 6.04. The molecule has 4 heteroatoms. The first-order chi connectivity index (χ1) is 8.76. The summed E-state index contributed by atoms with van der Waals surface area (Å²) in [5.41, 5.74) is 2.91. The van der Waals surface area contributed by atoms with E-state index in [-0.39, 0.29) is 5.97 Å². The molecule has 0 aromatic heterocycles. The van der Waals surface area contributed by atoms with Gasteiger partial charge in [-0.25, -0.2) is 4.79 Å². The largest absolute Gasteiger partial charge is 0.496 e. The standard InChI is InChI=1S/C14H17NO3/c1-3-18-13(16)9-11-14-10(7-8-15-11)5-4-6-12(14)17-2/h4-6,9,15H,3,7-8H2,1-2H3/b11-9-. The van der Waals surface area contributed by atoms with Crippen LogP contribution in [0.1, 0.15) is 18.1 Å². The number of ether oxygens (including phenoxy) is 2. The Kier molecular flexibility index (Phi) is 3.87. The van der Waals surface area contributed by atoms with E-state index in [4.69, 9.17) is 9.47 Å². The Morgan fingerprint density at radius 3 is 3.06 bits per heavy atom. The zero-order chi connectivity index (χ0) is 13.0. The van der Waals surface area contributed by atoms with Crippen LogP contribution < -0.4 is 10.1 Å². The highest BCUT2D eigenvalue weighted by molar-refractivity contribution is 5.92. The fourth-order valence-corrected chi connectivity index (χ4v) is 2.11. The molecule has 1 aliphatic heterocycles. The number of rotatable bonds is 3. The Morgan fingerprint density at radius 1 is 1.50 bits per heavy atom. The zero-order valence-electron chi connectivity index (χ0n) is 10.7. The van der Waals surface area contributed by atoms with E-state index in [1.165, 1.54) is 11.6 Å². The fraction of sp³-hybridized carbons (Fsp3) is 0.357. The van der Waals surface area contributed by atoms with Crippen molar-refractivity contribution < 1.29 is 14.3 Å². The molecule has 1 aromatic rings. The topological polar surface area (TPSA) is 47.6 Å². The second-order valence-corrected chi connectivity index (χ2v) is 3.98. The van der Waals surface area contributed by atoms with E-state index in [0.717, 1.165) is 30.0 Å². The first-order valence-corrected chi connectivity index (χ1v) is 6.04. The number of carbonyl (C=O) groups excluding carboxylic acids is 1. The van der Waals surface area contributed by atoms with Crippen LogP contribution in [0.5, 0.6) is 5.75 Å². The molecule has 0 unspecified atom stereocenters. The molecule has 4 nitrogen and oxygen atoms in total. The van der Waals surface area contributed by atoms with Crippen molar-refractivity contribution in [2.45, 2.75) is 13.3 Å². The van der Waals surface area contributed by atoms with E-state index in [0.29, 0.717) is 6.61 Å². The molecule has 0 radical (unpaired) electrons. The molecular formula is C14H17NO3. The van der Waals surface area contributed by atoms with Gasteiger partial charge in [-0.3, -0.25) is 0 Å². The Hall–Kier alpha value is -1.97. The van der Waals surface area contributed by atoms with Crippen LogP contribution in [0.3, 0.4) is 0 Å². The highest BCUT2D eigenvalue weighted by Gasteiger charge is 2.18. The van der Waals surface area contributed by atoms with E-state index in [1.54, 1.807) is 14.0 Å². The number of hydrogen-bond acceptors (Lipinski definition) is 4. The van der Waals surface area contributed by atoms with Gasteiger partial charge in [0.15, 0.2) is 0 Å². The summed E-state index contributed by atoms with van der Waals surface area (Å²) in [7, 11) is 1.63. The quantitative estimate of drug-likeness (QED) is 0.653. The van der Waals surface area contributed by atoms with Gasteiger partial charge >= 0.3 is 5.97 Å². The van der Waals surface area contributed by atoms with Crippen LogP contribution in [0.2, 0.25) is 0 Å². The molecule has 2 rings (SSSR count). The van der Waals surface area contributed by atoms with Gasteiger partial charge in [-0.2, -0.15) is 0 Å². The molecule has 1 heterocycles. The second kappa shape index (κ2) is 5.58. The van der Waals surface area contributed by atoms with Crippen molar-refractivity contribution in [1.82, 2.24) is 5.32 Å². The average molecular weight is 247 g/mol. The third kappa shape index (κ3) is 2.47. The lowest BCUT2D eigenvalue weighted by Gasteiger charge is -2.23. The van der Waals surface area contributed by atoms with E-state index < -0.39 is 0 Å². The molecule has 1 aromatic carbocycles. The Bertz CT molecular complexity index is 466. The minimum atomic E-state index is -0.334. The maximum atomic E-state index is 11.5. The number of hydrogen-bond donors (Lipinski definition) is 1. The zero-order valence-corrected chi connectivity index (χ0v) is 10.7. The van der Waals surface area contributed by atoms with E-state index in [9.17, 15) is 4.79 Å². The van der Waals surface area contributed by atoms with Gasteiger partial charge in [0.1, 0.15) is 5.75 Å². The Morgan fingerprint density at radius 2 is 2.33 bits per heavy atom. The van der Waals surface area contributed by atoms with Crippen LogP contribution in [-0.2, 0) is 16.0 Å². The molecule has 0 aliphatic carbocycles. The molecule has 0 spiro atoms. The maximum Gasteiger partial charge on any atom is 0.332 e. The normalized spacial score (nSPS) is 15.8. The third-order valence-electron chi connectivity index (χ3n) is 2.86. The Balaban J connectivity index is 2.40. The summed E-state index contributed by atoms with van der Waals surface area (Å²) in [5, 5.41) is 3.22. The molecule has 96 valence electrons. The van der Waals surface area contributed by atoms with E-state index >= 15 is 0 Å². The monoisotopic (exact) mass is 247 g/mol. The molecule has 0 bridgehead atoms. The predicted octanol–water partition coefficient (Wildman–Crippen LogP) is 1.74. The van der Waals surface area contributed by atoms with Crippen molar-refractivity contribution in [3.63, 3.8) is 0 Å². The molecule has 18 heavy (non-hydrogen) atoms. The first kappa shape index (κ1) is 12.5. The summed E-state index contributed by atoms with van der Waals surface area (Å²) in [6.07, 6.45) is 2.41. The van der Waals surface area contributed by atoms with Crippen molar-refractivity contribution in [3.8, 4) is 5.75 Å². The lowest BCUT2D eigenvalue weighted by Crippen LogP contribution is -2.24. The number of methoxy groups -OCH3 is 1. The van der Waals surface area contributed by atoms with Crippen LogP contribution in [0.25, 0.3) is 5.70 Å². The summed E-state index contributed by atoms with van der Waals surface area (Å²) in [6.45, 7) is 2.98. The van der Waals surface area contributed by atoms with Crippen LogP contribution in [0.15, 0.2) is 24.3 Å². The summed E-state index contributed by atoms with van der Waals surface area (Å²) >= 11 is 0. The fourth-order valence-electron chi connectivity index (χ4n) is 2.11. The average Bonchev–Trinajstić information content (AvgIpc) is 2.38. The van der Waals surface area contributed by atoms with Crippen LogP contribution in [0.4, 0.5) is 0 Å². The van der Waals surface area contributed by atoms with Gasteiger partial charge in [0, 0.05) is 18.2 Å². The molecule has 0 saturated heterocycles. The van der Waals surface area contributed by atoms with Crippen molar-refractivity contribution in [2.24, 2.45) is 0 Å². The molecule has 0 saturated carbocycles. The van der Waals surface area contributed by atoms with Crippen molar-refractivity contribution in [2.75, 3.05) is 20.3 Å². The van der Waals surface area contributed by atoms with Crippen molar-refractivity contribution in [3.05, 3.63) is 35.4 Å². The summed E-state index contributed by atoms with van der Waals surface area (Å²) in [5.74, 6) is 0.439. The van der Waals surface area contributed by atoms with Gasteiger partial charge in [-0.1, -0.05) is 12.1 Å². The predicted molar refractivity (Wildman–Crippen MR) is 69.3 cm³/mol. The van der Waals surface area contributed by atoms with E-state index in [2.05, 4.69) is 11.4 Å². The summed E-state index contributed by atoms with van der Waals surface area (Å²) < 4.78 is 10.3. The highest BCUT2D eigenvalue weighted by atomic mass is 16.5. The Labute approximate surface area is 107 Å². The number of benzene rings is 1. The van der Waals surface area contributed by atoms with Crippen LogP contribution in [-0.4, -0.2) is 26.2 Å². The smallest absolute Gasteiger partial charge is 0.332 e. The minimum Gasteiger partial charge on any atom is -0.496 e. The summed E-state index contributed by atoms with van der Waals surface area (Å²) in [6, 6.07) is 5.91. The molecule has 0 amide bonds. The number of nitrogens with one attached hydrogen (secondary N) is 1. The summed E-state index contributed by atoms with van der Waals surface area (Å²) in [4.78, 5) is 11.5. The van der Waals surface area contributed by atoms with Gasteiger partial charge in [-0.05, 0) is 25.0 Å². The molecular weight excluding hydrogens is 230 g/mol. The minimum absolute atomic E-state index is 0.334. The van der Waals surface area contributed by atoms with Gasteiger partial charge < -0.3 is 14.8 Å². The van der Waals surface area contributed by atoms with Crippen LogP contribution in [0, 0.1) is 0 Å². The maximum absolute atomic E-state index is 11.5. The SMILES string of the molecule is CCOC(=O)/C=C1\NCCc2cccc(OC)c21. The van der Waals surface area contributed by atoms with Gasteiger partial charge in [0.05, 0.1) is 19.4 Å². The molecule has 1 aliphatic rings. The van der Waals surface area contributed by atoms with E-state index in [1.807, 2.05) is 12.1 Å². The molecule has 0 fully saturated rings. The number of fused-ring (bicyclic) bond motifs is 1. The lowest BCUT2D eigenvalue weighted by atomic mass is 9.97. The van der Waals surface area contributed by atoms with Gasteiger partial charge in [0.2, 0.25) is 0 Å². The lowest BCUT2D eigenvalue weighted by molar-refractivity contribution is -0.137. The molecule has 0 atom stereocenters. The van der Waals surface area contributed by atoms with Gasteiger partial charge in [0.25, 0.3) is 0 Å². The van der Waals surface area contributed by atoms with Crippen molar-refractivity contribution in [1.29, 1.82) is 0 Å². The second-order valence-electron chi connectivity index (χ2n) is 3.98.